The third kappa shape index (κ3) is 3.06. The minimum Gasteiger partial charge on any atom is -0.354 e. The maximum Gasteiger partial charge on any atom is 0.224 e. The summed E-state index contributed by atoms with van der Waals surface area (Å²) in [5.41, 5.74) is 3.46. The Labute approximate surface area is 102 Å². The van der Waals surface area contributed by atoms with Gasteiger partial charge in [0.1, 0.15) is 0 Å². The third-order valence-electron chi connectivity index (χ3n) is 2.65. The van der Waals surface area contributed by atoms with Crippen LogP contribution >= 0.6 is 0 Å². The van der Waals surface area contributed by atoms with Crippen molar-refractivity contribution in [1.29, 1.82) is 0 Å². The molecule has 0 aromatic rings. The van der Waals surface area contributed by atoms with Crippen molar-refractivity contribution in [2.45, 2.75) is 26.3 Å². The van der Waals surface area contributed by atoms with Crippen LogP contribution in [0.1, 0.15) is 19.4 Å². The summed E-state index contributed by atoms with van der Waals surface area (Å²) in [6, 6.07) is 14.5. The second-order valence-corrected chi connectivity index (χ2v) is 4.58. The van der Waals surface area contributed by atoms with Crippen LogP contribution in [0.5, 0.6) is 0 Å². The fourth-order valence-electron chi connectivity index (χ4n) is 1.88. The molecule has 0 spiro atoms. The smallest absolute Gasteiger partial charge is 0.224 e. The lowest BCUT2D eigenvalue weighted by Crippen LogP contribution is -2.31. The summed E-state index contributed by atoms with van der Waals surface area (Å²) in [5.74, 6) is 0.0749. The number of fused-ring (bicyclic) bond motifs is 1. The van der Waals surface area contributed by atoms with Gasteiger partial charge in [-0.1, -0.05) is 42.5 Å². The molecular weight excluding hydrogens is 210 g/mol. The van der Waals surface area contributed by atoms with Gasteiger partial charge < -0.3 is 5.32 Å². The van der Waals surface area contributed by atoms with E-state index in [-0.39, 0.29) is 11.9 Å². The van der Waals surface area contributed by atoms with Crippen molar-refractivity contribution in [3.8, 4) is 11.1 Å². The van der Waals surface area contributed by atoms with Gasteiger partial charge in [-0.15, -0.1) is 0 Å². The maximum atomic E-state index is 11.6. The Kier molecular flexibility index (Phi) is 3.43. The van der Waals surface area contributed by atoms with Gasteiger partial charge in [0.2, 0.25) is 5.91 Å². The molecule has 17 heavy (non-hydrogen) atoms. The molecule has 0 saturated carbocycles. The number of rotatable bonds is 3. The Hall–Kier alpha value is -1.83. The predicted molar refractivity (Wildman–Crippen MR) is 70.0 cm³/mol. The van der Waals surface area contributed by atoms with Crippen molar-refractivity contribution < 1.29 is 4.79 Å². The van der Waals surface area contributed by atoms with Gasteiger partial charge in [-0.2, -0.15) is 0 Å². The van der Waals surface area contributed by atoms with Crippen molar-refractivity contribution >= 4 is 5.91 Å². The van der Waals surface area contributed by atoms with Gasteiger partial charge in [-0.25, -0.2) is 0 Å². The molecule has 0 heterocycles. The van der Waals surface area contributed by atoms with Crippen LogP contribution in [0.3, 0.4) is 0 Å². The second kappa shape index (κ2) is 5.00. The molecule has 2 nitrogen and oxygen atoms in total. The summed E-state index contributed by atoms with van der Waals surface area (Å²) in [5, 5.41) is 2.90. The molecule has 0 radical (unpaired) electrons. The van der Waals surface area contributed by atoms with Gasteiger partial charge in [0, 0.05) is 6.04 Å². The molecule has 0 unspecified atom stereocenters. The fraction of sp³-hybridized carbons (Fsp3) is 0.267. The first-order valence-corrected chi connectivity index (χ1v) is 5.92. The highest BCUT2D eigenvalue weighted by molar-refractivity contribution is 5.79. The summed E-state index contributed by atoms with van der Waals surface area (Å²) in [6.45, 7) is 3.94. The lowest BCUT2D eigenvalue weighted by atomic mass is 10.2. The number of amides is 1. The average molecular weight is 227 g/mol. The third-order valence-corrected chi connectivity index (χ3v) is 2.65. The zero-order valence-corrected chi connectivity index (χ0v) is 10.2. The Balaban J connectivity index is 2.14. The van der Waals surface area contributed by atoms with E-state index in [1.807, 2.05) is 32.0 Å². The molecule has 0 fully saturated rings. The van der Waals surface area contributed by atoms with Crippen LogP contribution in [0, 0.1) is 0 Å². The first kappa shape index (κ1) is 11.6. The van der Waals surface area contributed by atoms with Crippen molar-refractivity contribution in [2.75, 3.05) is 0 Å². The summed E-state index contributed by atoms with van der Waals surface area (Å²) >= 11 is 0. The lowest BCUT2D eigenvalue weighted by Gasteiger charge is -2.07. The van der Waals surface area contributed by atoms with Gasteiger partial charge in [0.05, 0.1) is 6.42 Å². The molecule has 88 valence electrons. The fourth-order valence-corrected chi connectivity index (χ4v) is 1.88. The summed E-state index contributed by atoms with van der Waals surface area (Å²) < 4.78 is 0. The second-order valence-electron chi connectivity index (χ2n) is 4.58. The van der Waals surface area contributed by atoms with Gasteiger partial charge in [0.15, 0.2) is 0 Å². The van der Waals surface area contributed by atoms with E-state index in [4.69, 9.17) is 0 Å². The van der Waals surface area contributed by atoms with Gasteiger partial charge in [-0.3, -0.25) is 4.79 Å². The van der Waals surface area contributed by atoms with Crippen LogP contribution in [-0.4, -0.2) is 11.9 Å². The van der Waals surface area contributed by atoms with Crippen molar-refractivity contribution in [1.82, 2.24) is 5.32 Å². The van der Waals surface area contributed by atoms with Crippen molar-refractivity contribution in [3.05, 3.63) is 48.0 Å². The number of carbonyl (C=O) groups excluding carboxylic acids is 1. The van der Waals surface area contributed by atoms with E-state index >= 15 is 0 Å². The van der Waals surface area contributed by atoms with Gasteiger partial charge in [-0.05, 0) is 30.5 Å². The van der Waals surface area contributed by atoms with E-state index in [1.165, 1.54) is 11.1 Å². The van der Waals surface area contributed by atoms with Crippen LogP contribution in [-0.2, 0) is 11.2 Å². The molecule has 0 saturated heterocycles. The first-order valence-electron chi connectivity index (χ1n) is 5.92. The van der Waals surface area contributed by atoms with E-state index in [2.05, 4.69) is 29.6 Å². The van der Waals surface area contributed by atoms with Crippen molar-refractivity contribution in [2.24, 2.45) is 0 Å². The SMILES string of the molecule is CC(C)NC(=O)Cc1ccc2cccc-2cc1. The van der Waals surface area contributed by atoms with Crippen LogP contribution in [0.25, 0.3) is 11.1 Å². The monoisotopic (exact) mass is 227 g/mol. The molecule has 2 rings (SSSR count). The number of carbonyl (C=O) groups is 1. The summed E-state index contributed by atoms with van der Waals surface area (Å²) in [6.07, 6.45) is 0.440. The minimum atomic E-state index is 0.0749. The Morgan fingerprint density at radius 1 is 1.06 bits per heavy atom. The highest BCUT2D eigenvalue weighted by atomic mass is 16.1. The zero-order chi connectivity index (χ0) is 12.3. The number of hydrogen-bond donors (Lipinski definition) is 1. The molecule has 2 heteroatoms. The van der Waals surface area contributed by atoms with E-state index in [1.54, 1.807) is 0 Å². The Morgan fingerprint density at radius 3 is 2.18 bits per heavy atom. The molecule has 0 aromatic carbocycles. The van der Waals surface area contributed by atoms with E-state index < -0.39 is 0 Å². The quantitative estimate of drug-likeness (QED) is 0.858. The van der Waals surface area contributed by atoms with Gasteiger partial charge >= 0.3 is 0 Å². The number of hydrogen-bond acceptors (Lipinski definition) is 1. The molecule has 2 aliphatic carbocycles. The molecule has 0 aromatic heterocycles. The topological polar surface area (TPSA) is 29.1 Å². The highest BCUT2D eigenvalue weighted by Gasteiger charge is 2.05. The lowest BCUT2D eigenvalue weighted by molar-refractivity contribution is -0.120. The largest absolute Gasteiger partial charge is 0.354 e. The molecule has 1 amide bonds. The normalized spacial score (nSPS) is 10.8. The molecule has 0 aliphatic heterocycles. The average Bonchev–Trinajstić information content (AvgIpc) is 2.61. The van der Waals surface area contributed by atoms with Crippen LogP contribution in [0.4, 0.5) is 0 Å². The molecule has 1 N–H and O–H groups in total. The van der Waals surface area contributed by atoms with E-state index in [9.17, 15) is 4.79 Å². The van der Waals surface area contributed by atoms with Gasteiger partial charge in [0.25, 0.3) is 0 Å². The summed E-state index contributed by atoms with van der Waals surface area (Å²) in [4.78, 5) is 11.6. The first-order chi connectivity index (χ1) is 8.15. The molecular formula is C15H17NO. The van der Waals surface area contributed by atoms with Crippen LogP contribution in [0.2, 0.25) is 0 Å². The number of nitrogens with one attached hydrogen (secondary N) is 1. The molecule has 0 bridgehead atoms. The molecule has 2 aliphatic rings. The predicted octanol–water partition coefficient (Wildman–Crippen LogP) is 2.86. The minimum absolute atomic E-state index is 0.0749. The standard InChI is InChI=1S/C15H17NO/c1-11(2)16-15(17)10-12-6-8-13-4-3-5-14(13)9-7-12/h3-9,11H,10H2,1-2H3,(H,16,17). The Bertz CT molecular complexity index is 460. The highest BCUT2D eigenvalue weighted by Crippen LogP contribution is 2.21. The van der Waals surface area contributed by atoms with E-state index in [0.29, 0.717) is 6.42 Å². The summed E-state index contributed by atoms with van der Waals surface area (Å²) in [7, 11) is 0. The zero-order valence-electron chi connectivity index (χ0n) is 10.2. The Morgan fingerprint density at radius 2 is 1.65 bits per heavy atom. The maximum absolute atomic E-state index is 11.6. The van der Waals surface area contributed by atoms with Crippen LogP contribution < -0.4 is 5.32 Å². The molecule has 0 atom stereocenters. The van der Waals surface area contributed by atoms with Crippen molar-refractivity contribution in [3.63, 3.8) is 0 Å². The van der Waals surface area contributed by atoms with Crippen LogP contribution in [0.15, 0.2) is 42.5 Å². The van der Waals surface area contributed by atoms with E-state index in [0.717, 1.165) is 5.56 Å².